The van der Waals surface area contributed by atoms with Gasteiger partial charge in [-0.15, -0.1) is 0 Å². The molecule has 0 bridgehead atoms. The highest BCUT2D eigenvalue weighted by Crippen LogP contribution is 2.40. The van der Waals surface area contributed by atoms with Gasteiger partial charge in [-0.2, -0.15) is 0 Å². The van der Waals surface area contributed by atoms with Crippen molar-refractivity contribution in [2.24, 2.45) is 0 Å². The molecule has 0 radical (unpaired) electrons. The van der Waals surface area contributed by atoms with Gasteiger partial charge in [0.15, 0.2) is 5.76 Å². The fourth-order valence-electron chi connectivity index (χ4n) is 3.56. The van der Waals surface area contributed by atoms with Gasteiger partial charge in [0, 0.05) is 44.9 Å². The number of non-ortho nitro benzene ring substituents is 1. The number of nitro benzene ring substituents is 1. The number of allylic oxidation sites excluding steroid dienone is 1. The summed E-state index contributed by atoms with van der Waals surface area (Å²) in [5.41, 5.74) is 1.42. The Morgan fingerprint density at radius 2 is 1.97 bits per heavy atom. The van der Waals surface area contributed by atoms with E-state index in [1.54, 1.807) is 18.2 Å². The Morgan fingerprint density at radius 1 is 1.21 bits per heavy atom. The van der Waals surface area contributed by atoms with E-state index >= 15 is 0 Å². The van der Waals surface area contributed by atoms with E-state index in [0.717, 1.165) is 26.2 Å². The SMILES string of the molecule is CN1CCN(Cc2c(O)ccc3c2O/C(=C/c2cccc([N+](=O)[O-])c2)C3=O)CC1. The van der Waals surface area contributed by atoms with Gasteiger partial charge in [-0.05, 0) is 30.8 Å². The van der Waals surface area contributed by atoms with Crippen LogP contribution in [-0.4, -0.2) is 58.8 Å². The molecule has 0 saturated carbocycles. The van der Waals surface area contributed by atoms with Gasteiger partial charge < -0.3 is 14.7 Å². The van der Waals surface area contributed by atoms with Crippen LogP contribution in [0.15, 0.2) is 42.2 Å². The average molecular weight is 395 g/mol. The maximum absolute atomic E-state index is 12.8. The van der Waals surface area contributed by atoms with E-state index in [2.05, 4.69) is 16.8 Å². The molecule has 0 aliphatic carbocycles. The molecule has 1 saturated heterocycles. The van der Waals surface area contributed by atoms with Crippen LogP contribution in [0.3, 0.4) is 0 Å². The van der Waals surface area contributed by atoms with Crippen molar-refractivity contribution in [3.05, 3.63) is 69.0 Å². The second-order valence-electron chi connectivity index (χ2n) is 7.31. The molecule has 1 fully saturated rings. The predicted molar refractivity (Wildman–Crippen MR) is 107 cm³/mol. The highest BCUT2D eigenvalue weighted by molar-refractivity contribution is 6.15. The molecule has 2 heterocycles. The van der Waals surface area contributed by atoms with Crippen LogP contribution >= 0.6 is 0 Å². The third kappa shape index (κ3) is 3.85. The van der Waals surface area contributed by atoms with Crippen LogP contribution in [0.2, 0.25) is 0 Å². The second kappa shape index (κ2) is 7.65. The van der Waals surface area contributed by atoms with Gasteiger partial charge in [-0.1, -0.05) is 12.1 Å². The number of Topliss-reactive ketones (excluding diaryl/α,β-unsaturated/α-hetero) is 1. The molecule has 0 unspecified atom stereocenters. The number of piperazine rings is 1. The first-order valence-corrected chi connectivity index (χ1v) is 9.37. The lowest BCUT2D eigenvalue weighted by atomic mass is 10.0. The van der Waals surface area contributed by atoms with E-state index in [0.29, 0.717) is 29.0 Å². The number of carbonyl (C=O) groups excluding carboxylic acids is 1. The zero-order valence-corrected chi connectivity index (χ0v) is 16.0. The number of ether oxygens (including phenoxy) is 1. The number of hydrogen-bond acceptors (Lipinski definition) is 7. The third-order valence-electron chi connectivity index (χ3n) is 5.27. The summed E-state index contributed by atoms with van der Waals surface area (Å²) >= 11 is 0. The lowest BCUT2D eigenvalue weighted by molar-refractivity contribution is -0.384. The molecule has 4 rings (SSSR count). The normalized spacial score (nSPS) is 18.7. The number of fused-ring (bicyclic) bond motifs is 1. The summed E-state index contributed by atoms with van der Waals surface area (Å²) in [5, 5.41) is 21.4. The van der Waals surface area contributed by atoms with Gasteiger partial charge in [0.1, 0.15) is 11.5 Å². The zero-order chi connectivity index (χ0) is 20.5. The van der Waals surface area contributed by atoms with E-state index in [1.165, 1.54) is 24.3 Å². The third-order valence-corrected chi connectivity index (χ3v) is 5.27. The van der Waals surface area contributed by atoms with E-state index < -0.39 is 4.92 Å². The first-order chi connectivity index (χ1) is 13.9. The van der Waals surface area contributed by atoms with E-state index in [9.17, 15) is 20.0 Å². The van der Waals surface area contributed by atoms with Crippen molar-refractivity contribution in [1.82, 2.24) is 9.80 Å². The molecule has 0 spiro atoms. The Hall–Kier alpha value is -3.23. The van der Waals surface area contributed by atoms with Gasteiger partial charge >= 0.3 is 0 Å². The number of rotatable bonds is 4. The smallest absolute Gasteiger partial charge is 0.270 e. The van der Waals surface area contributed by atoms with E-state index in [4.69, 9.17) is 4.74 Å². The summed E-state index contributed by atoms with van der Waals surface area (Å²) in [5.74, 6) is 0.245. The van der Waals surface area contributed by atoms with Crippen molar-refractivity contribution in [2.75, 3.05) is 33.2 Å². The minimum Gasteiger partial charge on any atom is -0.507 e. The Kier molecular flexibility index (Phi) is 5.04. The lowest BCUT2D eigenvalue weighted by Gasteiger charge is -2.32. The first kappa shape index (κ1) is 19.1. The van der Waals surface area contributed by atoms with Crippen LogP contribution in [0, 0.1) is 10.1 Å². The van der Waals surface area contributed by atoms with Gasteiger partial charge in [0.05, 0.1) is 16.1 Å². The number of benzene rings is 2. The van der Waals surface area contributed by atoms with Crippen LogP contribution in [0.5, 0.6) is 11.5 Å². The summed E-state index contributed by atoms with van der Waals surface area (Å²) in [6.45, 7) is 4.09. The van der Waals surface area contributed by atoms with Crippen molar-refractivity contribution < 1.29 is 19.6 Å². The lowest BCUT2D eigenvalue weighted by Crippen LogP contribution is -2.43. The fourth-order valence-corrected chi connectivity index (χ4v) is 3.56. The summed E-state index contributed by atoms with van der Waals surface area (Å²) in [4.78, 5) is 27.7. The molecule has 2 aliphatic rings. The highest BCUT2D eigenvalue weighted by atomic mass is 16.6. The van der Waals surface area contributed by atoms with Crippen molar-refractivity contribution in [1.29, 1.82) is 0 Å². The maximum Gasteiger partial charge on any atom is 0.270 e. The largest absolute Gasteiger partial charge is 0.507 e. The van der Waals surface area contributed by atoms with Crippen LogP contribution in [-0.2, 0) is 6.54 Å². The molecule has 2 aromatic rings. The molecular weight excluding hydrogens is 374 g/mol. The zero-order valence-electron chi connectivity index (χ0n) is 16.0. The second-order valence-corrected chi connectivity index (χ2v) is 7.31. The van der Waals surface area contributed by atoms with Crippen molar-refractivity contribution in [2.45, 2.75) is 6.54 Å². The number of phenols is 1. The number of nitrogens with zero attached hydrogens (tertiary/aromatic N) is 3. The Bertz CT molecular complexity index is 1010. The molecule has 0 aromatic heterocycles. The van der Waals surface area contributed by atoms with Crippen molar-refractivity contribution >= 4 is 17.5 Å². The standard InChI is InChI=1S/C21H21N3O5/c1-22-7-9-23(10-8-22)13-17-18(25)6-5-16-20(26)19(29-21(16)17)12-14-3-2-4-15(11-14)24(27)28/h2-6,11-12,25H,7-10,13H2,1H3/b19-12+. The molecule has 1 N–H and O–H groups in total. The Labute approximate surface area is 167 Å². The number of phenolic OH excluding ortho intramolecular Hbond substituents is 1. The fraction of sp³-hybridized carbons (Fsp3) is 0.286. The molecule has 2 aromatic carbocycles. The molecule has 0 amide bonds. The number of likely N-dealkylation sites (N-methyl/N-ethyl adjacent to an activating group) is 1. The van der Waals surface area contributed by atoms with Crippen molar-refractivity contribution in [3.63, 3.8) is 0 Å². The number of ketones is 1. The van der Waals surface area contributed by atoms with Crippen molar-refractivity contribution in [3.8, 4) is 11.5 Å². The highest BCUT2D eigenvalue weighted by Gasteiger charge is 2.32. The summed E-state index contributed by atoms with van der Waals surface area (Å²) in [7, 11) is 2.07. The maximum atomic E-state index is 12.8. The minimum atomic E-state index is -0.486. The van der Waals surface area contributed by atoms with Crippen LogP contribution in [0.1, 0.15) is 21.5 Å². The summed E-state index contributed by atoms with van der Waals surface area (Å²) < 4.78 is 5.84. The number of hydrogen-bond donors (Lipinski definition) is 1. The predicted octanol–water partition coefficient (Wildman–Crippen LogP) is 2.66. The topological polar surface area (TPSA) is 96.2 Å². The first-order valence-electron chi connectivity index (χ1n) is 9.37. The van der Waals surface area contributed by atoms with Crippen LogP contribution in [0.4, 0.5) is 5.69 Å². The number of carbonyl (C=O) groups is 1. The van der Waals surface area contributed by atoms with Gasteiger partial charge in [-0.3, -0.25) is 19.8 Å². The summed E-state index contributed by atoms with van der Waals surface area (Å²) in [6.07, 6.45) is 1.49. The molecular formula is C21H21N3O5. The molecule has 0 atom stereocenters. The minimum absolute atomic E-state index is 0.0595. The monoisotopic (exact) mass is 395 g/mol. The van der Waals surface area contributed by atoms with E-state index in [-0.39, 0.29) is 23.0 Å². The van der Waals surface area contributed by atoms with Gasteiger partial charge in [0.2, 0.25) is 5.78 Å². The van der Waals surface area contributed by atoms with Crippen LogP contribution < -0.4 is 4.74 Å². The quantitative estimate of drug-likeness (QED) is 0.483. The van der Waals surface area contributed by atoms with Gasteiger partial charge in [0.25, 0.3) is 5.69 Å². The summed E-state index contributed by atoms with van der Waals surface area (Å²) in [6, 6.07) is 9.07. The van der Waals surface area contributed by atoms with Gasteiger partial charge in [-0.25, -0.2) is 0 Å². The Balaban J connectivity index is 1.62. The molecule has 8 nitrogen and oxygen atoms in total. The molecule has 29 heavy (non-hydrogen) atoms. The average Bonchev–Trinajstić information content (AvgIpc) is 3.01. The molecule has 8 heteroatoms. The molecule has 2 aliphatic heterocycles. The molecule has 150 valence electrons. The van der Waals surface area contributed by atoms with E-state index in [1.807, 2.05) is 0 Å². The Morgan fingerprint density at radius 3 is 2.69 bits per heavy atom. The number of nitro groups is 1. The van der Waals surface area contributed by atoms with Crippen LogP contribution in [0.25, 0.3) is 6.08 Å². The number of aromatic hydroxyl groups is 1.